The molecule has 0 spiro atoms. The Balaban J connectivity index is 1.58. The molecule has 2 heterocycles. The Kier molecular flexibility index (Phi) is 3.88. The summed E-state index contributed by atoms with van der Waals surface area (Å²) in [5.74, 6) is 0.815. The lowest BCUT2D eigenvalue weighted by Gasteiger charge is -2.11. The van der Waals surface area contributed by atoms with Gasteiger partial charge in [0.2, 0.25) is 0 Å². The first-order chi connectivity index (χ1) is 16.4. The van der Waals surface area contributed by atoms with Crippen molar-refractivity contribution in [2.75, 3.05) is 0 Å². The van der Waals surface area contributed by atoms with Gasteiger partial charge in [0.15, 0.2) is 5.76 Å². The molecule has 154 valence electrons. The summed E-state index contributed by atoms with van der Waals surface area (Å²) >= 11 is 0. The lowest BCUT2D eigenvalue weighted by Crippen LogP contribution is -1.89. The molecule has 33 heavy (non-hydrogen) atoms. The van der Waals surface area contributed by atoms with Crippen molar-refractivity contribution in [3.63, 3.8) is 0 Å². The zero-order valence-electron chi connectivity index (χ0n) is 17.8. The highest BCUT2D eigenvalue weighted by Crippen LogP contribution is 2.51. The summed E-state index contributed by atoms with van der Waals surface area (Å²) in [4.78, 5) is 5.03. The van der Waals surface area contributed by atoms with Crippen LogP contribution in [-0.2, 0) is 0 Å². The molecule has 1 aliphatic rings. The van der Waals surface area contributed by atoms with Crippen molar-refractivity contribution in [3.8, 4) is 56.1 Å². The average molecular weight is 421 g/mol. The highest BCUT2D eigenvalue weighted by atomic mass is 16.3. The van der Waals surface area contributed by atoms with Gasteiger partial charge in [-0.05, 0) is 46.0 Å². The van der Waals surface area contributed by atoms with Gasteiger partial charge in [0.05, 0.1) is 5.69 Å². The molecule has 0 fully saturated rings. The summed E-state index contributed by atoms with van der Waals surface area (Å²) in [6.07, 6.45) is 0. The molecule has 0 N–H and O–H groups in total. The third-order valence-electron chi connectivity index (χ3n) is 6.47. The average Bonchev–Trinajstić information content (AvgIpc) is 3.23. The Bertz CT molecular complexity index is 1660. The van der Waals surface area contributed by atoms with E-state index in [9.17, 15) is 0 Å². The fourth-order valence-corrected chi connectivity index (χ4v) is 5.03. The van der Waals surface area contributed by atoms with E-state index in [2.05, 4.69) is 91.0 Å². The smallest absolute Gasteiger partial charge is 0.161 e. The van der Waals surface area contributed by atoms with Crippen LogP contribution in [0.4, 0.5) is 0 Å². The first-order valence-electron chi connectivity index (χ1n) is 11.2. The van der Waals surface area contributed by atoms with Crippen LogP contribution in [0, 0.1) is 0 Å². The predicted octanol–water partition coefficient (Wildman–Crippen LogP) is 8.48. The van der Waals surface area contributed by atoms with Gasteiger partial charge in [0.1, 0.15) is 11.3 Å². The lowest BCUT2D eigenvalue weighted by molar-refractivity contribution is 0.630. The molecule has 1 aliphatic carbocycles. The molecule has 0 saturated heterocycles. The second kappa shape index (κ2) is 7.04. The maximum Gasteiger partial charge on any atom is 0.161 e. The molecule has 2 aromatic heterocycles. The number of pyridine rings is 1. The minimum Gasteiger partial charge on any atom is -0.454 e. The molecular weight excluding hydrogens is 402 g/mol. The van der Waals surface area contributed by atoms with E-state index in [1.54, 1.807) is 0 Å². The third-order valence-corrected chi connectivity index (χ3v) is 6.47. The number of aromatic nitrogens is 1. The van der Waals surface area contributed by atoms with Crippen LogP contribution in [0.15, 0.2) is 120 Å². The lowest BCUT2D eigenvalue weighted by atomic mass is 9.93. The summed E-state index contributed by atoms with van der Waals surface area (Å²) in [7, 11) is 0. The first-order valence-corrected chi connectivity index (χ1v) is 11.2. The van der Waals surface area contributed by atoms with Gasteiger partial charge < -0.3 is 4.42 Å². The Morgan fingerprint density at radius 3 is 1.82 bits per heavy atom. The van der Waals surface area contributed by atoms with Gasteiger partial charge in [0, 0.05) is 16.5 Å². The van der Waals surface area contributed by atoms with Gasteiger partial charge in [-0.3, -0.25) is 0 Å². The van der Waals surface area contributed by atoms with Crippen LogP contribution >= 0.6 is 0 Å². The molecule has 4 aromatic carbocycles. The number of benzene rings is 4. The second-order valence-electron chi connectivity index (χ2n) is 8.35. The van der Waals surface area contributed by atoms with E-state index in [1.165, 1.54) is 27.8 Å². The van der Waals surface area contributed by atoms with Crippen molar-refractivity contribution in [3.05, 3.63) is 115 Å². The molecule has 0 amide bonds. The highest BCUT2D eigenvalue weighted by molar-refractivity contribution is 6.15. The molecule has 0 unspecified atom stereocenters. The topological polar surface area (TPSA) is 26.0 Å². The van der Waals surface area contributed by atoms with Gasteiger partial charge in [0.25, 0.3) is 0 Å². The highest BCUT2D eigenvalue weighted by Gasteiger charge is 2.27. The number of nitrogens with zero attached hydrogens (tertiary/aromatic N) is 1. The Hall–Kier alpha value is -4.43. The number of hydrogen-bond acceptors (Lipinski definition) is 2. The van der Waals surface area contributed by atoms with Crippen molar-refractivity contribution < 1.29 is 4.42 Å². The van der Waals surface area contributed by atoms with Gasteiger partial charge in [-0.2, -0.15) is 0 Å². The van der Waals surface area contributed by atoms with Crippen LogP contribution in [0.25, 0.3) is 67.1 Å². The van der Waals surface area contributed by atoms with Crippen molar-refractivity contribution in [2.24, 2.45) is 0 Å². The van der Waals surface area contributed by atoms with Crippen molar-refractivity contribution in [1.82, 2.24) is 4.98 Å². The predicted molar refractivity (Wildman–Crippen MR) is 135 cm³/mol. The molecule has 0 aliphatic heterocycles. The minimum absolute atomic E-state index is 0.815. The normalized spacial score (nSPS) is 11.6. The van der Waals surface area contributed by atoms with Crippen LogP contribution in [0.3, 0.4) is 0 Å². The van der Waals surface area contributed by atoms with E-state index in [1.807, 2.05) is 24.3 Å². The number of hydrogen-bond donors (Lipinski definition) is 0. The SMILES string of the molecule is c1ccc(-c2cccc(-c3oc4cccc5c4c3-c3ccccc3-c3ccccc3-5)n2)cc1. The second-order valence-corrected chi connectivity index (χ2v) is 8.35. The molecule has 0 radical (unpaired) electrons. The summed E-state index contributed by atoms with van der Waals surface area (Å²) in [5, 5.41) is 1.15. The van der Waals surface area contributed by atoms with Crippen molar-refractivity contribution >= 4 is 11.0 Å². The summed E-state index contributed by atoms with van der Waals surface area (Å²) in [5.41, 5.74) is 10.9. The van der Waals surface area contributed by atoms with Gasteiger partial charge in [-0.25, -0.2) is 4.98 Å². The summed E-state index contributed by atoms with van der Waals surface area (Å²) in [6, 6.07) is 40.0. The monoisotopic (exact) mass is 421 g/mol. The van der Waals surface area contributed by atoms with Gasteiger partial charge in [-0.15, -0.1) is 0 Å². The molecule has 2 nitrogen and oxygen atoms in total. The van der Waals surface area contributed by atoms with E-state index >= 15 is 0 Å². The summed E-state index contributed by atoms with van der Waals surface area (Å²) in [6.45, 7) is 0. The van der Waals surface area contributed by atoms with E-state index in [0.29, 0.717) is 0 Å². The van der Waals surface area contributed by atoms with E-state index in [-0.39, 0.29) is 0 Å². The van der Waals surface area contributed by atoms with Crippen LogP contribution in [0.1, 0.15) is 0 Å². The number of furan rings is 1. The molecule has 7 rings (SSSR count). The maximum atomic E-state index is 6.55. The molecule has 6 aromatic rings. The zero-order valence-corrected chi connectivity index (χ0v) is 17.8. The molecule has 0 saturated carbocycles. The van der Waals surface area contributed by atoms with Gasteiger partial charge >= 0.3 is 0 Å². The maximum absolute atomic E-state index is 6.55. The molecule has 0 bridgehead atoms. The fourth-order valence-electron chi connectivity index (χ4n) is 5.03. The van der Waals surface area contributed by atoms with E-state index in [4.69, 9.17) is 9.40 Å². The Morgan fingerprint density at radius 2 is 1.03 bits per heavy atom. The zero-order chi connectivity index (χ0) is 21.8. The van der Waals surface area contributed by atoms with Crippen LogP contribution in [0.5, 0.6) is 0 Å². The van der Waals surface area contributed by atoms with E-state index < -0.39 is 0 Å². The van der Waals surface area contributed by atoms with Crippen LogP contribution < -0.4 is 0 Å². The fraction of sp³-hybridized carbons (Fsp3) is 0. The Labute approximate surface area is 191 Å². The van der Waals surface area contributed by atoms with E-state index in [0.717, 1.165) is 39.2 Å². The first kappa shape index (κ1) is 18.2. The molecule has 2 heteroatoms. The van der Waals surface area contributed by atoms with Crippen molar-refractivity contribution in [1.29, 1.82) is 0 Å². The summed E-state index contributed by atoms with van der Waals surface area (Å²) < 4.78 is 6.55. The van der Waals surface area contributed by atoms with Gasteiger partial charge in [-0.1, -0.05) is 97.1 Å². The number of rotatable bonds is 2. The third kappa shape index (κ3) is 2.71. The largest absolute Gasteiger partial charge is 0.454 e. The van der Waals surface area contributed by atoms with Crippen LogP contribution in [0.2, 0.25) is 0 Å². The quantitative estimate of drug-likeness (QED) is 0.280. The Morgan fingerprint density at radius 1 is 0.455 bits per heavy atom. The number of fused-ring (bicyclic) bond motifs is 5. The minimum atomic E-state index is 0.815. The molecular formula is C31H19NO. The van der Waals surface area contributed by atoms with Crippen molar-refractivity contribution in [2.45, 2.75) is 0 Å². The molecule has 0 atom stereocenters. The standard InChI is InChI=1S/C31H19NO/c1-2-10-20(11-3-1)26-17-9-18-27(32-26)31-30-25-15-7-6-14-23(25)21-12-4-5-13-22(21)24-16-8-19-28(33-31)29(24)30/h1-19H. The van der Waals surface area contributed by atoms with Crippen LogP contribution in [-0.4, -0.2) is 4.98 Å².